The van der Waals surface area contributed by atoms with Gasteiger partial charge >= 0.3 is 0 Å². The van der Waals surface area contributed by atoms with Crippen LogP contribution in [-0.2, 0) is 7.05 Å². The summed E-state index contributed by atoms with van der Waals surface area (Å²) in [4.78, 5) is 32.6. The van der Waals surface area contributed by atoms with E-state index in [4.69, 9.17) is 4.74 Å². The van der Waals surface area contributed by atoms with Crippen molar-refractivity contribution in [3.05, 3.63) is 58.6 Å². The highest BCUT2D eigenvalue weighted by atomic mass is 16.5. The molecular weight excluding hydrogens is 296 g/mol. The Hall–Kier alpha value is -3.22. The Morgan fingerprint density at radius 1 is 1.22 bits per heavy atom. The Morgan fingerprint density at radius 2 is 1.91 bits per heavy atom. The zero-order valence-electron chi connectivity index (χ0n) is 12.6. The quantitative estimate of drug-likeness (QED) is 0.794. The third-order valence-electron chi connectivity index (χ3n) is 3.47. The molecule has 0 atom stereocenters. The first-order valence-electron chi connectivity index (χ1n) is 6.86. The van der Waals surface area contributed by atoms with Crippen LogP contribution < -0.4 is 15.6 Å². The van der Waals surface area contributed by atoms with E-state index in [9.17, 15) is 9.59 Å². The third-order valence-corrected chi connectivity index (χ3v) is 3.47. The molecule has 1 aromatic carbocycles. The van der Waals surface area contributed by atoms with Crippen LogP contribution >= 0.6 is 0 Å². The zero-order valence-corrected chi connectivity index (χ0v) is 12.6. The summed E-state index contributed by atoms with van der Waals surface area (Å²) < 4.78 is 6.39. The maximum atomic E-state index is 12.4. The first kappa shape index (κ1) is 14.7. The molecule has 2 heterocycles. The van der Waals surface area contributed by atoms with Crippen molar-refractivity contribution in [3.8, 4) is 5.75 Å². The molecule has 3 aromatic rings. The van der Waals surface area contributed by atoms with Crippen LogP contribution in [-0.4, -0.2) is 27.6 Å². The van der Waals surface area contributed by atoms with E-state index < -0.39 is 5.91 Å². The highest BCUT2D eigenvalue weighted by molar-refractivity contribution is 6.04. The summed E-state index contributed by atoms with van der Waals surface area (Å²) in [6, 6.07) is 8.92. The number of fused-ring (bicyclic) bond motifs is 1. The summed E-state index contributed by atoms with van der Waals surface area (Å²) >= 11 is 0. The molecule has 0 saturated carbocycles. The summed E-state index contributed by atoms with van der Waals surface area (Å²) in [5.74, 6) is 0.0251. The number of carbonyl (C=O) groups is 1. The van der Waals surface area contributed by atoms with Gasteiger partial charge in [-0.25, -0.2) is 9.97 Å². The molecule has 0 saturated heterocycles. The highest BCUT2D eigenvalue weighted by Crippen LogP contribution is 2.13. The number of aryl methyl sites for hydroxylation is 1. The number of anilines is 1. The molecule has 7 heteroatoms. The van der Waals surface area contributed by atoms with Gasteiger partial charge in [0.05, 0.1) is 25.0 Å². The van der Waals surface area contributed by atoms with Gasteiger partial charge in [-0.2, -0.15) is 0 Å². The molecule has 23 heavy (non-hydrogen) atoms. The minimum absolute atomic E-state index is 0.0330. The third kappa shape index (κ3) is 2.76. The van der Waals surface area contributed by atoms with Crippen LogP contribution in [0.2, 0.25) is 0 Å². The lowest BCUT2D eigenvalue weighted by molar-refractivity contribution is 0.102. The number of aromatic nitrogens is 3. The van der Waals surface area contributed by atoms with Gasteiger partial charge < -0.3 is 9.30 Å². The van der Waals surface area contributed by atoms with Gasteiger partial charge in [-0.15, -0.1) is 0 Å². The number of pyridine rings is 1. The predicted molar refractivity (Wildman–Crippen MR) is 85.7 cm³/mol. The second-order valence-corrected chi connectivity index (χ2v) is 4.88. The molecule has 0 fully saturated rings. The number of benzene rings is 1. The maximum absolute atomic E-state index is 12.4. The van der Waals surface area contributed by atoms with Crippen molar-refractivity contribution < 1.29 is 9.53 Å². The summed E-state index contributed by atoms with van der Waals surface area (Å²) in [6.07, 6.45) is 2.86. The van der Waals surface area contributed by atoms with E-state index in [0.29, 0.717) is 5.75 Å². The maximum Gasteiger partial charge on any atom is 0.263 e. The molecule has 0 aliphatic rings. The molecular formula is C16H14N4O3. The van der Waals surface area contributed by atoms with Crippen LogP contribution in [0, 0.1) is 0 Å². The van der Waals surface area contributed by atoms with E-state index in [2.05, 4.69) is 15.3 Å². The van der Waals surface area contributed by atoms with E-state index >= 15 is 0 Å². The molecule has 0 unspecified atom stereocenters. The number of methoxy groups -OCH3 is 1. The largest absolute Gasteiger partial charge is 0.494 e. The monoisotopic (exact) mass is 310 g/mol. The van der Waals surface area contributed by atoms with Crippen LogP contribution in [0.1, 0.15) is 10.4 Å². The van der Waals surface area contributed by atoms with Gasteiger partial charge in [0.1, 0.15) is 5.56 Å². The summed E-state index contributed by atoms with van der Waals surface area (Å²) in [6.45, 7) is 0. The molecule has 0 spiro atoms. The average molecular weight is 310 g/mol. The minimum atomic E-state index is -0.554. The SMILES string of the molecule is COc1cnc(NC(=O)c2cc3ccccc3n(C)c2=O)nc1. The van der Waals surface area contributed by atoms with Gasteiger partial charge in [0.15, 0.2) is 5.75 Å². The van der Waals surface area contributed by atoms with E-state index in [1.54, 1.807) is 13.1 Å². The molecule has 0 aliphatic heterocycles. The second-order valence-electron chi connectivity index (χ2n) is 4.88. The standard InChI is InChI=1S/C16H14N4O3/c1-20-13-6-4-3-5-10(13)7-12(15(20)22)14(21)19-16-17-8-11(23-2)9-18-16/h3-9H,1-2H3,(H,17,18,19,21). The smallest absolute Gasteiger partial charge is 0.263 e. The zero-order chi connectivity index (χ0) is 16.4. The topological polar surface area (TPSA) is 86.1 Å². The predicted octanol–water partition coefficient (Wildman–Crippen LogP) is 1.59. The normalized spacial score (nSPS) is 10.5. The van der Waals surface area contributed by atoms with Gasteiger partial charge in [0, 0.05) is 7.05 Å². The van der Waals surface area contributed by atoms with Crippen molar-refractivity contribution in [1.82, 2.24) is 14.5 Å². The lowest BCUT2D eigenvalue weighted by atomic mass is 10.1. The Kier molecular flexibility index (Phi) is 3.76. The molecule has 0 radical (unpaired) electrons. The van der Waals surface area contributed by atoms with Crippen molar-refractivity contribution in [2.24, 2.45) is 7.05 Å². The molecule has 0 bridgehead atoms. The molecule has 7 nitrogen and oxygen atoms in total. The number of rotatable bonds is 3. The van der Waals surface area contributed by atoms with E-state index in [1.165, 1.54) is 24.1 Å². The Balaban J connectivity index is 1.97. The lowest BCUT2D eigenvalue weighted by Gasteiger charge is -2.08. The van der Waals surface area contributed by atoms with Crippen LogP contribution in [0.5, 0.6) is 5.75 Å². The first-order chi connectivity index (χ1) is 11.1. The van der Waals surface area contributed by atoms with Crippen LogP contribution in [0.25, 0.3) is 10.9 Å². The number of hydrogen-bond donors (Lipinski definition) is 1. The molecule has 0 aliphatic carbocycles. The fraction of sp³-hybridized carbons (Fsp3) is 0.125. The highest BCUT2D eigenvalue weighted by Gasteiger charge is 2.15. The fourth-order valence-electron chi connectivity index (χ4n) is 2.24. The number of carbonyl (C=O) groups excluding carboxylic acids is 1. The Labute approximate surface area is 131 Å². The van der Waals surface area contributed by atoms with Gasteiger partial charge in [0.25, 0.3) is 11.5 Å². The van der Waals surface area contributed by atoms with Crippen LogP contribution in [0.3, 0.4) is 0 Å². The van der Waals surface area contributed by atoms with Crippen molar-refractivity contribution in [2.45, 2.75) is 0 Å². The Bertz CT molecular complexity index is 932. The van der Waals surface area contributed by atoms with Gasteiger partial charge in [0.2, 0.25) is 5.95 Å². The second kappa shape index (κ2) is 5.88. The van der Waals surface area contributed by atoms with Crippen molar-refractivity contribution in [2.75, 3.05) is 12.4 Å². The van der Waals surface area contributed by atoms with Crippen molar-refractivity contribution in [1.29, 1.82) is 0 Å². The molecule has 1 N–H and O–H groups in total. The van der Waals surface area contributed by atoms with Crippen LogP contribution in [0.4, 0.5) is 5.95 Å². The van der Waals surface area contributed by atoms with Crippen molar-refractivity contribution >= 4 is 22.8 Å². The molecule has 1 amide bonds. The average Bonchev–Trinajstić information content (AvgIpc) is 2.58. The Morgan fingerprint density at radius 3 is 2.61 bits per heavy atom. The van der Waals surface area contributed by atoms with Gasteiger partial charge in [-0.1, -0.05) is 18.2 Å². The van der Waals surface area contributed by atoms with Gasteiger partial charge in [-0.05, 0) is 17.5 Å². The van der Waals surface area contributed by atoms with Gasteiger partial charge in [-0.3, -0.25) is 14.9 Å². The number of ether oxygens (including phenoxy) is 1. The summed E-state index contributed by atoms with van der Waals surface area (Å²) in [5.41, 5.74) is 0.412. The number of hydrogen-bond acceptors (Lipinski definition) is 5. The summed E-state index contributed by atoms with van der Waals surface area (Å²) in [7, 11) is 3.13. The number of amides is 1. The van der Waals surface area contributed by atoms with E-state index in [1.807, 2.05) is 24.3 Å². The van der Waals surface area contributed by atoms with Crippen molar-refractivity contribution in [3.63, 3.8) is 0 Å². The minimum Gasteiger partial charge on any atom is -0.494 e. The molecule has 116 valence electrons. The number of para-hydroxylation sites is 1. The molecule has 3 rings (SSSR count). The number of nitrogens with zero attached hydrogens (tertiary/aromatic N) is 3. The lowest BCUT2D eigenvalue weighted by Crippen LogP contribution is -2.28. The first-order valence-corrected chi connectivity index (χ1v) is 6.86. The number of nitrogens with one attached hydrogen (secondary N) is 1. The van der Waals surface area contributed by atoms with E-state index in [-0.39, 0.29) is 17.1 Å². The van der Waals surface area contributed by atoms with E-state index in [0.717, 1.165) is 10.9 Å². The fourth-order valence-corrected chi connectivity index (χ4v) is 2.24. The van der Waals surface area contributed by atoms with Crippen LogP contribution in [0.15, 0.2) is 47.5 Å². The summed E-state index contributed by atoms with van der Waals surface area (Å²) in [5, 5.41) is 3.31. The molecule has 2 aromatic heterocycles.